The monoisotopic (exact) mass is 252 g/mol. The van der Waals surface area contributed by atoms with Crippen LogP contribution in [-0.4, -0.2) is 49.3 Å². The molecule has 3 unspecified atom stereocenters. The summed E-state index contributed by atoms with van der Waals surface area (Å²) in [5.74, 6) is 0.875. The third-order valence-electron chi connectivity index (χ3n) is 4.91. The third-order valence-corrected chi connectivity index (χ3v) is 4.91. The summed E-state index contributed by atoms with van der Waals surface area (Å²) in [5.41, 5.74) is 0.354. The number of hydrogen-bond donors (Lipinski definition) is 1. The highest BCUT2D eigenvalue weighted by Crippen LogP contribution is 2.40. The van der Waals surface area contributed by atoms with Gasteiger partial charge in [-0.2, -0.15) is 0 Å². The molecule has 1 saturated carbocycles. The Morgan fingerprint density at radius 2 is 1.94 bits per heavy atom. The molecule has 1 aliphatic carbocycles. The Kier molecular flexibility index (Phi) is 3.41. The first-order chi connectivity index (χ1) is 8.55. The minimum absolute atomic E-state index is 0.354. The molecule has 1 N–H and O–H groups in total. The van der Waals surface area contributed by atoms with Crippen LogP contribution >= 0.6 is 0 Å². The van der Waals surface area contributed by atoms with Crippen molar-refractivity contribution in [3.8, 4) is 0 Å². The van der Waals surface area contributed by atoms with E-state index in [1.807, 2.05) is 0 Å². The Labute approximate surface area is 111 Å². The van der Waals surface area contributed by atoms with E-state index >= 15 is 0 Å². The van der Waals surface area contributed by atoms with E-state index in [-0.39, 0.29) is 0 Å². The molecule has 3 fully saturated rings. The van der Waals surface area contributed by atoms with Crippen LogP contribution in [0.2, 0.25) is 0 Å². The van der Waals surface area contributed by atoms with E-state index in [4.69, 9.17) is 4.74 Å². The number of ether oxygens (including phenoxy) is 1. The number of rotatable bonds is 2. The molecule has 0 aromatic heterocycles. The molecular formula is C15H28N2O. The summed E-state index contributed by atoms with van der Waals surface area (Å²) in [4.78, 5) is 2.71. The molecule has 3 atom stereocenters. The topological polar surface area (TPSA) is 24.5 Å². The van der Waals surface area contributed by atoms with Gasteiger partial charge in [-0.05, 0) is 30.6 Å². The van der Waals surface area contributed by atoms with Gasteiger partial charge in [0.05, 0.1) is 6.10 Å². The number of hydrogen-bond acceptors (Lipinski definition) is 3. The van der Waals surface area contributed by atoms with Crippen molar-refractivity contribution in [2.45, 2.75) is 58.2 Å². The zero-order valence-electron chi connectivity index (χ0n) is 12.1. The lowest BCUT2D eigenvalue weighted by Gasteiger charge is -2.43. The van der Waals surface area contributed by atoms with Crippen LogP contribution in [0.3, 0.4) is 0 Å². The molecule has 0 aromatic rings. The summed E-state index contributed by atoms with van der Waals surface area (Å²) in [6.45, 7) is 11.5. The summed E-state index contributed by atoms with van der Waals surface area (Å²) in [7, 11) is 0. The second-order valence-electron chi connectivity index (χ2n) is 7.40. The van der Waals surface area contributed by atoms with Crippen LogP contribution in [0.25, 0.3) is 0 Å². The van der Waals surface area contributed by atoms with Gasteiger partial charge in [-0.15, -0.1) is 0 Å². The first-order valence-corrected chi connectivity index (χ1v) is 7.65. The van der Waals surface area contributed by atoms with Crippen molar-refractivity contribution in [1.29, 1.82) is 0 Å². The van der Waals surface area contributed by atoms with E-state index in [0.717, 1.165) is 19.1 Å². The van der Waals surface area contributed by atoms with Gasteiger partial charge in [-0.1, -0.05) is 20.8 Å². The van der Waals surface area contributed by atoms with Crippen LogP contribution in [0.4, 0.5) is 0 Å². The van der Waals surface area contributed by atoms with Gasteiger partial charge in [-0.3, -0.25) is 4.90 Å². The average Bonchev–Trinajstić information content (AvgIpc) is 3.06. The van der Waals surface area contributed by atoms with Crippen LogP contribution in [0.1, 0.15) is 40.0 Å². The van der Waals surface area contributed by atoms with E-state index in [1.54, 1.807) is 0 Å². The maximum absolute atomic E-state index is 6.00. The largest absolute Gasteiger partial charge is 0.376 e. The molecule has 3 rings (SSSR count). The summed E-state index contributed by atoms with van der Waals surface area (Å²) < 4.78 is 6.00. The molecule has 3 nitrogen and oxygen atoms in total. The van der Waals surface area contributed by atoms with Crippen molar-refractivity contribution >= 4 is 0 Å². The highest BCUT2D eigenvalue weighted by Gasteiger charge is 2.44. The zero-order chi connectivity index (χ0) is 12.8. The van der Waals surface area contributed by atoms with E-state index in [2.05, 4.69) is 31.0 Å². The van der Waals surface area contributed by atoms with Gasteiger partial charge < -0.3 is 10.1 Å². The van der Waals surface area contributed by atoms with Gasteiger partial charge in [0.1, 0.15) is 0 Å². The lowest BCUT2D eigenvalue weighted by Crippen LogP contribution is -2.59. The summed E-state index contributed by atoms with van der Waals surface area (Å²) in [5, 5.41) is 3.69. The first kappa shape index (κ1) is 12.9. The van der Waals surface area contributed by atoms with Crippen LogP contribution in [0.15, 0.2) is 0 Å². The molecule has 0 bridgehead atoms. The normalized spacial score (nSPS) is 39.2. The van der Waals surface area contributed by atoms with Crippen LogP contribution in [-0.2, 0) is 4.74 Å². The fourth-order valence-corrected chi connectivity index (χ4v) is 3.52. The molecule has 18 heavy (non-hydrogen) atoms. The Hall–Kier alpha value is -0.120. The number of piperazine rings is 1. The van der Waals surface area contributed by atoms with E-state index in [1.165, 1.54) is 32.4 Å². The Balaban J connectivity index is 1.64. The molecular weight excluding hydrogens is 224 g/mol. The molecule has 0 amide bonds. The summed E-state index contributed by atoms with van der Waals surface area (Å²) in [6.07, 6.45) is 4.59. The standard InChI is InChI=1S/C15H28N2O/c1-15(2,3)13-10-17(8-7-16-13)12-6-9-18-14(12)11-4-5-11/h11-14,16H,4-10H2,1-3H3. The lowest BCUT2D eigenvalue weighted by molar-refractivity contribution is 0.0254. The van der Waals surface area contributed by atoms with Crippen molar-refractivity contribution in [3.63, 3.8) is 0 Å². The van der Waals surface area contributed by atoms with Gasteiger partial charge in [0.2, 0.25) is 0 Å². The molecule has 2 saturated heterocycles. The molecule has 2 heterocycles. The van der Waals surface area contributed by atoms with Gasteiger partial charge in [0.25, 0.3) is 0 Å². The van der Waals surface area contributed by atoms with E-state index in [9.17, 15) is 0 Å². The molecule has 0 aromatic carbocycles. The Bertz CT molecular complexity index is 295. The lowest BCUT2D eigenvalue weighted by atomic mass is 9.85. The highest BCUT2D eigenvalue weighted by molar-refractivity contribution is 4.98. The van der Waals surface area contributed by atoms with Crippen molar-refractivity contribution in [1.82, 2.24) is 10.2 Å². The SMILES string of the molecule is CC(C)(C)C1CN(C2CCOC2C2CC2)CCN1. The van der Waals surface area contributed by atoms with Gasteiger partial charge >= 0.3 is 0 Å². The minimum Gasteiger partial charge on any atom is -0.376 e. The van der Waals surface area contributed by atoms with Crippen molar-refractivity contribution in [2.24, 2.45) is 11.3 Å². The van der Waals surface area contributed by atoms with Gasteiger partial charge in [0.15, 0.2) is 0 Å². The predicted molar refractivity (Wildman–Crippen MR) is 73.7 cm³/mol. The number of nitrogens with zero attached hydrogens (tertiary/aromatic N) is 1. The quantitative estimate of drug-likeness (QED) is 0.812. The fourth-order valence-electron chi connectivity index (χ4n) is 3.52. The summed E-state index contributed by atoms with van der Waals surface area (Å²) >= 11 is 0. The van der Waals surface area contributed by atoms with E-state index in [0.29, 0.717) is 23.6 Å². The molecule has 0 radical (unpaired) electrons. The van der Waals surface area contributed by atoms with E-state index < -0.39 is 0 Å². The average molecular weight is 252 g/mol. The predicted octanol–water partition coefficient (Wildman–Crippen LogP) is 1.87. The second-order valence-corrected chi connectivity index (χ2v) is 7.40. The molecule has 2 aliphatic heterocycles. The van der Waals surface area contributed by atoms with Gasteiger partial charge in [0, 0.05) is 38.3 Å². The van der Waals surface area contributed by atoms with Crippen LogP contribution in [0.5, 0.6) is 0 Å². The molecule has 3 aliphatic rings. The smallest absolute Gasteiger partial charge is 0.0759 e. The third kappa shape index (κ3) is 2.59. The zero-order valence-corrected chi connectivity index (χ0v) is 12.1. The molecule has 3 heteroatoms. The van der Waals surface area contributed by atoms with Gasteiger partial charge in [-0.25, -0.2) is 0 Å². The second kappa shape index (κ2) is 4.77. The maximum atomic E-state index is 6.00. The van der Waals surface area contributed by atoms with Crippen LogP contribution in [0, 0.1) is 11.3 Å². The molecule has 104 valence electrons. The minimum atomic E-state index is 0.354. The van der Waals surface area contributed by atoms with Crippen LogP contribution < -0.4 is 5.32 Å². The van der Waals surface area contributed by atoms with Crippen molar-refractivity contribution in [3.05, 3.63) is 0 Å². The number of nitrogens with one attached hydrogen (secondary N) is 1. The fraction of sp³-hybridized carbons (Fsp3) is 1.00. The Morgan fingerprint density at radius 3 is 2.61 bits per heavy atom. The first-order valence-electron chi connectivity index (χ1n) is 7.65. The summed E-state index contributed by atoms with van der Waals surface area (Å²) in [6, 6.07) is 1.32. The van der Waals surface area contributed by atoms with Crippen molar-refractivity contribution in [2.75, 3.05) is 26.2 Å². The maximum Gasteiger partial charge on any atom is 0.0759 e. The molecule has 0 spiro atoms. The Morgan fingerprint density at radius 1 is 1.17 bits per heavy atom. The van der Waals surface area contributed by atoms with Crippen molar-refractivity contribution < 1.29 is 4.74 Å². The highest BCUT2D eigenvalue weighted by atomic mass is 16.5.